The molecule has 2 N–H and O–H groups in total. The summed E-state index contributed by atoms with van der Waals surface area (Å²) in [5, 5.41) is 4.48. The number of hydrogen-bond acceptors (Lipinski definition) is 2. The minimum absolute atomic E-state index is 0.414. The number of likely N-dealkylation sites (N-methyl/N-ethyl adjacent to an activating group) is 1. The highest BCUT2D eigenvalue weighted by Crippen LogP contribution is 2.12. The largest absolute Gasteiger partial charge is 0.401 e. The van der Waals surface area contributed by atoms with E-state index in [4.69, 9.17) is 0 Å². The molecule has 1 atom stereocenters. The van der Waals surface area contributed by atoms with Crippen LogP contribution >= 0.6 is 0 Å². The van der Waals surface area contributed by atoms with Crippen LogP contribution in [0.4, 0.5) is 13.2 Å². The van der Waals surface area contributed by atoms with Crippen molar-refractivity contribution in [2.24, 2.45) is 0 Å². The van der Waals surface area contributed by atoms with Gasteiger partial charge in [0.05, 0.1) is 12.6 Å². The lowest BCUT2D eigenvalue weighted by atomic mass is 10.3. The highest BCUT2D eigenvalue weighted by molar-refractivity contribution is 5.81. The predicted octanol–water partition coefficient (Wildman–Crippen LogP) is 0.663. The summed E-state index contributed by atoms with van der Waals surface area (Å²) in [5.74, 6) is -0.424. The number of rotatable bonds is 4. The number of alkyl halides is 3. The molecule has 0 bridgehead atoms. The molecule has 1 unspecified atom stereocenters. The Morgan fingerprint density at radius 1 is 1.46 bits per heavy atom. The summed E-state index contributed by atoms with van der Waals surface area (Å²) in [7, 11) is 0. The molecule has 1 amide bonds. The molecule has 13 heavy (non-hydrogen) atoms. The van der Waals surface area contributed by atoms with Crippen molar-refractivity contribution in [2.75, 3.05) is 13.1 Å². The van der Waals surface area contributed by atoms with Crippen LogP contribution in [0.5, 0.6) is 0 Å². The van der Waals surface area contributed by atoms with E-state index in [1.54, 1.807) is 6.92 Å². The van der Waals surface area contributed by atoms with Crippen LogP contribution in [0.3, 0.4) is 0 Å². The SMILES string of the molecule is CCNC(=O)C(C)NCC(F)(F)F. The van der Waals surface area contributed by atoms with Crippen LogP contribution in [0.1, 0.15) is 13.8 Å². The lowest BCUT2D eigenvalue weighted by Crippen LogP contribution is -2.45. The third-order valence-corrected chi connectivity index (χ3v) is 1.35. The Bertz CT molecular complexity index is 170. The average molecular weight is 198 g/mol. The molecule has 0 aromatic rings. The summed E-state index contributed by atoms with van der Waals surface area (Å²) in [6.45, 7) is 2.35. The Hall–Kier alpha value is -0.780. The normalized spacial score (nSPS) is 13.9. The van der Waals surface area contributed by atoms with E-state index in [1.165, 1.54) is 6.92 Å². The molecule has 0 aliphatic heterocycles. The molecule has 0 saturated carbocycles. The van der Waals surface area contributed by atoms with Gasteiger partial charge >= 0.3 is 6.18 Å². The van der Waals surface area contributed by atoms with Crippen molar-refractivity contribution in [2.45, 2.75) is 26.1 Å². The molecular formula is C7H13F3N2O. The van der Waals surface area contributed by atoms with Crippen LogP contribution in [0.2, 0.25) is 0 Å². The second-order valence-corrected chi connectivity index (χ2v) is 2.61. The van der Waals surface area contributed by atoms with Crippen LogP contribution in [-0.4, -0.2) is 31.2 Å². The van der Waals surface area contributed by atoms with E-state index in [9.17, 15) is 18.0 Å². The summed E-state index contributed by atoms with van der Waals surface area (Å²) in [4.78, 5) is 10.9. The van der Waals surface area contributed by atoms with E-state index < -0.39 is 24.7 Å². The smallest absolute Gasteiger partial charge is 0.355 e. The van der Waals surface area contributed by atoms with Gasteiger partial charge in [0.25, 0.3) is 0 Å². The Morgan fingerprint density at radius 3 is 2.38 bits per heavy atom. The molecule has 0 heterocycles. The third kappa shape index (κ3) is 6.39. The maximum atomic E-state index is 11.7. The molecule has 78 valence electrons. The fraction of sp³-hybridized carbons (Fsp3) is 0.857. The summed E-state index contributed by atoms with van der Waals surface area (Å²) < 4.78 is 35.0. The number of carbonyl (C=O) groups is 1. The van der Waals surface area contributed by atoms with E-state index in [-0.39, 0.29) is 0 Å². The van der Waals surface area contributed by atoms with E-state index in [0.717, 1.165) is 0 Å². The summed E-state index contributed by atoms with van der Waals surface area (Å²) in [5.41, 5.74) is 0. The molecule has 0 rings (SSSR count). The molecule has 0 aliphatic carbocycles. The minimum atomic E-state index is -4.28. The fourth-order valence-electron chi connectivity index (χ4n) is 0.689. The first-order chi connectivity index (χ1) is 5.87. The predicted molar refractivity (Wildman–Crippen MR) is 42.2 cm³/mol. The number of halogens is 3. The van der Waals surface area contributed by atoms with Gasteiger partial charge in [-0.25, -0.2) is 0 Å². The molecule has 0 spiro atoms. The average Bonchev–Trinajstić information content (AvgIpc) is 1.99. The first-order valence-electron chi connectivity index (χ1n) is 3.94. The van der Waals surface area contributed by atoms with Gasteiger partial charge in [0.1, 0.15) is 0 Å². The number of carbonyl (C=O) groups excluding carboxylic acids is 1. The zero-order chi connectivity index (χ0) is 10.5. The fourth-order valence-corrected chi connectivity index (χ4v) is 0.689. The van der Waals surface area contributed by atoms with Gasteiger partial charge in [-0.15, -0.1) is 0 Å². The lowest BCUT2D eigenvalue weighted by Gasteiger charge is -2.14. The van der Waals surface area contributed by atoms with Crippen LogP contribution < -0.4 is 10.6 Å². The van der Waals surface area contributed by atoms with E-state index in [2.05, 4.69) is 10.6 Å². The van der Waals surface area contributed by atoms with Crippen LogP contribution in [0.15, 0.2) is 0 Å². The van der Waals surface area contributed by atoms with Gasteiger partial charge in [-0.05, 0) is 13.8 Å². The van der Waals surface area contributed by atoms with E-state index >= 15 is 0 Å². The van der Waals surface area contributed by atoms with Crippen LogP contribution in [0, 0.1) is 0 Å². The molecule has 0 aromatic heterocycles. The zero-order valence-electron chi connectivity index (χ0n) is 7.53. The van der Waals surface area contributed by atoms with Gasteiger partial charge in [0.2, 0.25) is 5.91 Å². The number of nitrogens with one attached hydrogen (secondary N) is 2. The van der Waals surface area contributed by atoms with Crippen molar-refractivity contribution >= 4 is 5.91 Å². The highest BCUT2D eigenvalue weighted by Gasteiger charge is 2.28. The Labute approximate surface area is 74.7 Å². The van der Waals surface area contributed by atoms with Crippen molar-refractivity contribution in [3.8, 4) is 0 Å². The molecule has 0 aromatic carbocycles. The number of hydrogen-bond donors (Lipinski definition) is 2. The van der Waals surface area contributed by atoms with Crippen LogP contribution in [0.25, 0.3) is 0 Å². The minimum Gasteiger partial charge on any atom is -0.355 e. The maximum absolute atomic E-state index is 11.7. The Kier molecular flexibility index (Phi) is 4.76. The van der Waals surface area contributed by atoms with E-state index in [1.807, 2.05) is 0 Å². The van der Waals surface area contributed by atoms with Gasteiger partial charge in [0.15, 0.2) is 0 Å². The Balaban J connectivity index is 3.74. The first kappa shape index (κ1) is 12.2. The summed E-state index contributed by atoms with van der Waals surface area (Å²) in [6, 6.07) is -0.818. The van der Waals surface area contributed by atoms with Gasteiger partial charge in [-0.2, -0.15) is 13.2 Å². The quantitative estimate of drug-likeness (QED) is 0.696. The second-order valence-electron chi connectivity index (χ2n) is 2.61. The standard InChI is InChI=1S/C7H13F3N2O/c1-3-11-6(13)5(2)12-4-7(8,9)10/h5,12H,3-4H2,1-2H3,(H,11,13). The van der Waals surface area contributed by atoms with Gasteiger partial charge in [-0.1, -0.05) is 0 Å². The summed E-state index contributed by atoms with van der Waals surface area (Å²) >= 11 is 0. The molecular weight excluding hydrogens is 185 g/mol. The molecule has 0 aliphatic rings. The molecule has 0 radical (unpaired) electrons. The van der Waals surface area contributed by atoms with Crippen molar-refractivity contribution in [3.05, 3.63) is 0 Å². The van der Waals surface area contributed by atoms with Crippen molar-refractivity contribution < 1.29 is 18.0 Å². The third-order valence-electron chi connectivity index (χ3n) is 1.35. The summed E-state index contributed by atoms with van der Waals surface area (Å²) in [6.07, 6.45) is -4.28. The van der Waals surface area contributed by atoms with Gasteiger partial charge in [0, 0.05) is 6.54 Å². The van der Waals surface area contributed by atoms with Gasteiger partial charge in [-0.3, -0.25) is 10.1 Å². The van der Waals surface area contributed by atoms with Gasteiger partial charge < -0.3 is 5.32 Å². The topological polar surface area (TPSA) is 41.1 Å². The molecule has 3 nitrogen and oxygen atoms in total. The Morgan fingerprint density at radius 2 is 2.00 bits per heavy atom. The first-order valence-corrected chi connectivity index (χ1v) is 3.94. The molecule has 0 saturated heterocycles. The van der Waals surface area contributed by atoms with E-state index in [0.29, 0.717) is 6.54 Å². The lowest BCUT2D eigenvalue weighted by molar-refractivity contribution is -0.131. The zero-order valence-corrected chi connectivity index (χ0v) is 7.53. The van der Waals surface area contributed by atoms with Crippen molar-refractivity contribution in [3.63, 3.8) is 0 Å². The van der Waals surface area contributed by atoms with Crippen molar-refractivity contribution in [1.29, 1.82) is 0 Å². The maximum Gasteiger partial charge on any atom is 0.401 e. The van der Waals surface area contributed by atoms with Crippen LogP contribution in [-0.2, 0) is 4.79 Å². The highest BCUT2D eigenvalue weighted by atomic mass is 19.4. The molecule has 6 heteroatoms. The van der Waals surface area contributed by atoms with Crippen molar-refractivity contribution in [1.82, 2.24) is 10.6 Å². The number of amides is 1. The molecule has 0 fully saturated rings. The second kappa shape index (κ2) is 5.06. The monoisotopic (exact) mass is 198 g/mol.